The van der Waals surface area contributed by atoms with E-state index in [1.165, 1.54) is 12.1 Å². The Labute approximate surface area is 99.4 Å². The van der Waals surface area contributed by atoms with Crippen LogP contribution >= 0.6 is 0 Å². The zero-order valence-electron chi connectivity index (χ0n) is 9.44. The Kier molecular flexibility index (Phi) is 3.64. The Morgan fingerprint density at radius 3 is 1.83 bits per heavy atom. The maximum absolute atomic E-state index is 12.6. The van der Waals surface area contributed by atoms with Crippen LogP contribution < -0.4 is 4.74 Å². The number of esters is 1. The van der Waals surface area contributed by atoms with Crippen LogP contribution in [0, 0.1) is 13.8 Å². The van der Waals surface area contributed by atoms with Crippen molar-refractivity contribution < 1.29 is 31.5 Å². The summed E-state index contributed by atoms with van der Waals surface area (Å²) < 4.78 is 65.0. The fourth-order valence-electron chi connectivity index (χ4n) is 1.28. The highest BCUT2D eigenvalue weighted by atomic mass is 19.4. The molecule has 1 rings (SSSR count). The molecule has 7 heteroatoms. The summed E-state index contributed by atoms with van der Waals surface area (Å²) in [4.78, 5) is 10.8. The van der Waals surface area contributed by atoms with Gasteiger partial charge in [0.25, 0.3) is 0 Å². The van der Waals surface area contributed by atoms with Crippen molar-refractivity contribution in [2.45, 2.75) is 25.9 Å². The summed E-state index contributed by atoms with van der Waals surface area (Å²) in [6.45, 7) is 3.18. The molecule has 0 atom stereocenters. The number of carbonyl (C=O) groups is 1. The lowest BCUT2D eigenvalue weighted by atomic mass is 10.1. The van der Waals surface area contributed by atoms with Gasteiger partial charge in [0.2, 0.25) is 0 Å². The summed E-state index contributed by atoms with van der Waals surface area (Å²) in [6.07, 6.45) is -5.97. The van der Waals surface area contributed by atoms with Crippen molar-refractivity contribution in [1.82, 2.24) is 0 Å². The number of hydrogen-bond donors (Lipinski definition) is 0. The second-order valence-electron chi connectivity index (χ2n) is 3.79. The van der Waals surface area contributed by atoms with Crippen LogP contribution in [0.1, 0.15) is 11.1 Å². The van der Waals surface area contributed by atoms with Gasteiger partial charge in [0.15, 0.2) is 0 Å². The zero-order chi connectivity index (χ0) is 14.1. The molecular formula is C11H9F5O2. The van der Waals surface area contributed by atoms with Crippen molar-refractivity contribution in [2.75, 3.05) is 0 Å². The highest BCUT2D eigenvalue weighted by molar-refractivity contribution is 5.80. The molecule has 0 aliphatic carbocycles. The molecule has 0 N–H and O–H groups in total. The predicted molar refractivity (Wildman–Crippen MR) is 52.6 cm³/mol. The van der Waals surface area contributed by atoms with Gasteiger partial charge >= 0.3 is 18.1 Å². The Bertz CT molecular complexity index is 445. The van der Waals surface area contributed by atoms with E-state index < -0.39 is 18.1 Å². The maximum Gasteiger partial charge on any atom is 0.465 e. The minimum Gasteiger partial charge on any atom is -0.422 e. The maximum atomic E-state index is 12.6. The van der Waals surface area contributed by atoms with Crippen molar-refractivity contribution in [1.29, 1.82) is 0 Å². The average Bonchev–Trinajstić information content (AvgIpc) is 2.13. The van der Waals surface area contributed by atoms with E-state index in [4.69, 9.17) is 0 Å². The van der Waals surface area contributed by atoms with E-state index in [0.717, 1.165) is 0 Å². The van der Waals surface area contributed by atoms with Crippen LogP contribution in [0.5, 0.6) is 5.75 Å². The third-order valence-electron chi connectivity index (χ3n) is 2.02. The quantitative estimate of drug-likeness (QED) is 0.467. The molecule has 0 bridgehead atoms. The summed E-state index contributed by atoms with van der Waals surface area (Å²) in [5.41, 5.74) is 1.15. The van der Waals surface area contributed by atoms with Crippen LogP contribution in [0.3, 0.4) is 0 Å². The molecule has 0 saturated carbocycles. The fourth-order valence-corrected chi connectivity index (χ4v) is 1.28. The SMILES string of the molecule is Cc1cc(C)cc(OC(=O)C(F)(F)C(F)(F)F)c1. The monoisotopic (exact) mass is 268 g/mol. The van der Waals surface area contributed by atoms with Crippen molar-refractivity contribution in [3.8, 4) is 5.75 Å². The van der Waals surface area contributed by atoms with E-state index in [1.807, 2.05) is 0 Å². The minimum atomic E-state index is -5.97. The van der Waals surface area contributed by atoms with Gasteiger partial charge in [-0.3, -0.25) is 0 Å². The number of aryl methyl sites for hydroxylation is 2. The molecule has 100 valence electrons. The summed E-state index contributed by atoms with van der Waals surface area (Å²) in [6, 6.07) is 4.04. The van der Waals surface area contributed by atoms with Crippen molar-refractivity contribution >= 4 is 5.97 Å². The highest BCUT2D eigenvalue weighted by Gasteiger charge is 2.65. The summed E-state index contributed by atoms with van der Waals surface area (Å²) in [5.74, 6) is -8.51. The van der Waals surface area contributed by atoms with E-state index in [-0.39, 0.29) is 5.75 Å². The lowest BCUT2D eigenvalue weighted by Crippen LogP contribution is -2.46. The van der Waals surface area contributed by atoms with Crippen LogP contribution in [-0.2, 0) is 4.79 Å². The average molecular weight is 268 g/mol. The van der Waals surface area contributed by atoms with Gasteiger partial charge in [0, 0.05) is 0 Å². The van der Waals surface area contributed by atoms with Crippen LogP contribution in [0.25, 0.3) is 0 Å². The van der Waals surface area contributed by atoms with Crippen LogP contribution in [0.15, 0.2) is 18.2 Å². The summed E-state index contributed by atoms with van der Waals surface area (Å²) >= 11 is 0. The third kappa shape index (κ3) is 2.96. The zero-order valence-corrected chi connectivity index (χ0v) is 9.44. The standard InChI is InChI=1S/C11H9F5O2/c1-6-3-7(2)5-8(4-6)18-9(17)10(12,13)11(14,15)16/h3-5H,1-2H3. The molecule has 0 fully saturated rings. The molecule has 0 aliphatic heterocycles. The van der Waals surface area contributed by atoms with Gasteiger partial charge in [-0.25, -0.2) is 4.79 Å². The minimum absolute atomic E-state index is 0.346. The Balaban J connectivity index is 2.95. The second kappa shape index (κ2) is 4.55. The molecule has 0 saturated heterocycles. The second-order valence-corrected chi connectivity index (χ2v) is 3.79. The lowest BCUT2D eigenvalue weighted by Gasteiger charge is -2.17. The number of carbonyl (C=O) groups excluding carboxylic acids is 1. The number of halogens is 5. The highest BCUT2D eigenvalue weighted by Crippen LogP contribution is 2.36. The van der Waals surface area contributed by atoms with E-state index in [0.29, 0.717) is 11.1 Å². The molecule has 0 spiro atoms. The molecular weight excluding hydrogens is 259 g/mol. The Morgan fingerprint density at radius 1 is 1.00 bits per heavy atom. The largest absolute Gasteiger partial charge is 0.465 e. The van der Waals surface area contributed by atoms with Crippen LogP contribution in [0.4, 0.5) is 22.0 Å². The first-order valence-electron chi connectivity index (χ1n) is 4.79. The first kappa shape index (κ1) is 14.4. The molecule has 18 heavy (non-hydrogen) atoms. The molecule has 1 aromatic carbocycles. The third-order valence-corrected chi connectivity index (χ3v) is 2.02. The van der Waals surface area contributed by atoms with Gasteiger partial charge < -0.3 is 4.74 Å². The van der Waals surface area contributed by atoms with Crippen LogP contribution in [-0.4, -0.2) is 18.1 Å². The van der Waals surface area contributed by atoms with Crippen molar-refractivity contribution in [2.24, 2.45) is 0 Å². The van der Waals surface area contributed by atoms with Gasteiger partial charge in [-0.15, -0.1) is 0 Å². The molecule has 0 aromatic heterocycles. The number of benzene rings is 1. The first-order chi connectivity index (χ1) is 8.04. The number of hydrogen-bond acceptors (Lipinski definition) is 2. The fraction of sp³-hybridized carbons (Fsp3) is 0.364. The lowest BCUT2D eigenvalue weighted by molar-refractivity contribution is -0.276. The smallest absolute Gasteiger partial charge is 0.422 e. The predicted octanol–water partition coefficient (Wildman–Crippen LogP) is 3.41. The summed E-state index contributed by atoms with van der Waals surface area (Å²) in [7, 11) is 0. The first-order valence-corrected chi connectivity index (χ1v) is 4.79. The van der Waals surface area contributed by atoms with Gasteiger partial charge in [-0.05, 0) is 37.1 Å². The molecule has 0 unspecified atom stereocenters. The Morgan fingerprint density at radius 2 is 1.44 bits per heavy atom. The van der Waals surface area contributed by atoms with Crippen molar-refractivity contribution in [3.63, 3.8) is 0 Å². The van der Waals surface area contributed by atoms with Gasteiger partial charge in [-0.1, -0.05) is 6.07 Å². The molecule has 1 aromatic rings. The van der Waals surface area contributed by atoms with E-state index >= 15 is 0 Å². The molecule has 0 amide bonds. The van der Waals surface area contributed by atoms with Crippen molar-refractivity contribution in [3.05, 3.63) is 29.3 Å². The molecule has 0 aliphatic rings. The number of rotatable bonds is 2. The normalized spacial score (nSPS) is 12.4. The van der Waals surface area contributed by atoms with E-state index in [9.17, 15) is 26.7 Å². The molecule has 0 heterocycles. The van der Waals surface area contributed by atoms with Gasteiger partial charge in [0.05, 0.1) is 0 Å². The molecule has 0 radical (unpaired) electrons. The number of alkyl halides is 5. The summed E-state index contributed by atoms with van der Waals surface area (Å²) in [5, 5.41) is 0. The Hall–Kier alpha value is -1.66. The number of ether oxygens (including phenoxy) is 1. The van der Waals surface area contributed by atoms with Gasteiger partial charge in [-0.2, -0.15) is 22.0 Å². The molecule has 2 nitrogen and oxygen atoms in total. The van der Waals surface area contributed by atoms with E-state index in [2.05, 4.69) is 4.74 Å². The van der Waals surface area contributed by atoms with Gasteiger partial charge in [0.1, 0.15) is 5.75 Å². The van der Waals surface area contributed by atoms with Crippen LogP contribution in [0.2, 0.25) is 0 Å². The van der Waals surface area contributed by atoms with E-state index in [1.54, 1.807) is 19.9 Å². The topological polar surface area (TPSA) is 26.3 Å².